The van der Waals surface area contributed by atoms with Crippen molar-refractivity contribution in [2.45, 2.75) is 122 Å². The van der Waals surface area contributed by atoms with E-state index in [9.17, 15) is 28.7 Å². The van der Waals surface area contributed by atoms with Crippen LogP contribution in [0.4, 0.5) is 4.39 Å². The summed E-state index contributed by atoms with van der Waals surface area (Å²) < 4.78 is 58.3. The van der Waals surface area contributed by atoms with Gasteiger partial charge in [-0.05, 0) is 73.9 Å². The van der Waals surface area contributed by atoms with Crippen LogP contribution < -0.4 is 5.32 Å². The van der Waals surface area contributed by atoms with E-state index in [0.717, 1.165) is 12.1 Å². The molecule has 3 aromatic rings. The first kappa shape index (κ1) is 51.4. The van der Waals surface area contributed by atoms with Crippen molar-refractivity contribution in [3.63, 3.8) is 0 Å². The van der Waals surface area contributed by atoms with E-state index in [1.807, 2.05) is 0 Å². The van der Waals surface area contributed by atoms with Gasteiger partial charge in [0.15, 0.2) is 23.6 Å². The minimum atomic E-state index is -2.39. The van der Waals surface area contributed by atoms with Gasteiger partial charge in [0, 0.05) is 49.5 Å². The Hall–Kier alpha value is -5.46. The number of nitrogens with one attached hydrogen (secondary N) is 1. The zero-order chi connectivity index (χ0) is 50.1. The SMILES string of the molecule is CCO[C@H]1C[C@H]2OC[C@@]2(OC(C)=O)C2[C@H](OC(=O)c3ccc(F)cc3)[C@]3(O)C[C@H](OC(=O)[C@H](OCCS)[C@@H](NC(=O)c4ccccc4)c4ccccc4)C(C)=C([C@@H](OC(=O)CC)C(=O)[C@@]21C)C3(C)C. The fourth-order valence-corrected chi connectivity index (χ4v) is 11.1. The van der Waals surface area contributed by atoms with E-state index >= 15 is 9.59 Å². The Labute approximate surface area is 406 Å². The summed E-state index contributed by atoms with van der Waals surface area (Å²) >= 11 is 4.33. The minimum Gasteiger partial charge on any atom is -0.456 e. The number of benzene rings is 3. The first-order valence-corrected chi connectivity index (χ1v) is 23.8. The largest absolute Gasteiger partial charge is 0.456 e. The van der Waals surface area contributed by atoms with Crippen molar-refractivity contribution in [2.24, 2.45) is 16.7 Å². The maximum absolute atomic E-state index is 16.1. The van der Waals surface area contributed by atoms with Crippen molar-refractivity contribution in [2.75, 3.05) is 25.6 Å². The van der Waals surface area contributed by atoms with Crippen LogP contribution in [0.25, 0.3) is 0 Å². The smallest absolute Gasteiger partial charge is 0.338 e. The Kier molecular flexibility index (Phi) is 15.3. The summed E-state index contributed by atoms with van der Waals surface area (Å²) in [6.45, 7) is 10.6. The van der Waals surface area contributed by atoms with Gasteiger partial charge < -0.3 is 43.6 Å². The molecule has 2 bridgehead atoms. The Morgan fingerprint density at radius 2 is 1.57 bits per heavy atom. The number of ether oxygens (including phenoxy) is 7. The second-order valence-electron chi connectivity index (χ2n) is 18.7. The molecule has 2 saturated carbocycles. The fraction of sp³-hybridized carbons (Fsp3) is 0.500. The number of halogens is 1. The number of esters is 4. The Balaban J connectivity index is 1.44. The number of carbonyl (C=O) groups excluding carboxylic acids is 6. The van der Waals surface area contributed by atoms with Crippen LogP contribution in [-0.4, -0.2) is 114 Å². The van der Waals surface area contributed by atoms with Gasteiger partial charge in [0.05, 0.1) is 42.3 Å². The van der Waals surface area contributed by atoms with Crippen molar-refractivity contribution in [1.29, 1.82) is 0 Å². The highest BCUT2D eigenvalue weighted by atomic mass is 32.1. The van der Waals surface area contributed by atoms with Crippen molar-refractivity contribution in [3.05, 3.63) is 119 Å². The molecule has 1 unspecified atom stereocenters. The van der Waals surface area contributed by atoms with Crippen LogP contribution in [0.5, 0.6) is 0 Å². The van der Waals surface area contributed by atoms with E-state index in [4.69, 9.17) is 33.2 Å². The second kappa shape index (κ2) is 20.5. The molecular formula is C52H60FNO14S. The highest BCUT2D eigenvalue weighted by molar-refractivity contribution is 7.80. The summed E-state index contributed by atoms with van der Waals surface area (Å²) in [6, 6.07) is 20.4. The summed E-state index contributed by atoms with van der Waals surface area (Å²) in [6.07, 6.45) is -9.18. The molecule has 1 aliphatic heterocycles. The highest BCUT2D eigenvalue weighted by Gasteiger charge is 2.78. The molecule has 3 aliphatic carbocycles. The van der Waals surface area contributed by atoms with Crippen molar-refractivity contribution < 1.29 is 71.4 Å². The maximum atomic E-state index is 16.1. The van der Waals surface area contributed by atoms with E-state index in [2.05, 4.69) is 17.9 Å². The van der Waals surface area contributed by atoms with Crippen LogP contribution in [0.1, 0.15) is 100 Å². The third-order valence-electron chi connectivity index (χ3n) is 14.5. The number of amides is 1. The standard InChI is InChI=1S/C52H60FNO14S/c1-8-38(56)66-41-39-29(3)35(65-48(60)42(63-24-25-69)40(31-16-12-10-13-17-31)54-46(58)32-18-14-11-15-19-32)27-52(61,49(39,5)6)45(67-47(59)33-20-22-34(53)23-21-33)43-50(7,44(41)57)36(62-9-2)26-37-51(43,28-64-37)68-30(4)55/h10-23,35-37,40-43,45,61,69H,8-9,24-28H2,1-7H3,(H,54,58)/t35-,36-,37+,40-,41+,42+,43?,45-,50+,51-,52+/m0/s1. The zero-order valence-corrected chi connectivity index (χ0v) is 40.6. The lowest BCUT2D eigenvalue weighted by atomic mass is 9.44. The number of Topliss-reactive ketones (excluding diaryl/α,β-unsaturated/α-hetero) is 1. The van der Waals surface area contributed by atoms with E-state index in [1.165, 1.54) is 19.1 Å². The average molecular weight is 974 g/mol. The zero-order valence-electron chi connectivity index (χ0n) is 39.7. The van der Waals surface area contributed by atoms with Gasteiger partial charge in [-0.3, -0.25) is 19.2 Å². The van der Waals surface area contributed by atoms with Gasteiger partial charge in [-0.2, -0.15) is 12.6 Å². The van der Waals surface area contributed by atoms with Crippen LogP contribution in [0, 0.1) is 22.6 Å². The van der Waals surface area contributed by atoms with Crippen LogP contribution in [-0.2, 0) is 52.3 Å². The molecule has 7 rings (SSSR count). The minimum absolute atomic E-state index is 0.0179. The molecule has 3 fully saturated rings. The van der Waals surface area contributed by atoms with Crippen LogP contribution in [0.15, 0.2) is 96.1 Å². The molecule has 15 nitrogen and oxygen atoms in total. The number of hydrogen-bond donors (Lipinski definition) is 3. The Morgan fingerprint density at radius 1 is 0.913 bits per heavy atom. The summed E-state index contributed by atoms with van der Waals surface area (Å²) in [5.41, 5.74) is -6.69. The molecule has 1 amide bonds. The van der Waals surface area contributed by atoms with Gasteiger partial charge in [0.25, 0.3) is 5.91 Å². The van der Waals surface area contributed by atoms with Gasteiger partial charge in [-0.15, -0.1) is 0 Å². The molecule has 3 aromatic carbocycles. The van der Waals surface area contributed by atoms with Gasteiger partial charge in [0.2, 0.25) is 0 Å². The number of rotatable bonds is 16. The molecule has 17 heteroatoms. The van der Waals surface area contributed by atoms with Crippen LogP contribution in [0.2, 0.25) is 0 Å². The van der Waals surface area contributed by atoms with Gasteiger partial charge in [-0.1, -0.05) is 69.3 Å². The number of aliphatic hydroxyl groups is 1. The molecule has 0 aromatic heterocycles. The Bertz CT molecular complexity index is 2450. The topological polar surface area (TPSA) is 199 Å². The Morgan fingerprint density at radius 3 is 2.14 bits per heavy atom. The van der Waals surface area contributed by atoms with Crippen LogP contribution >= 0.6 is 12.6 Å². The average Bonchev–Trinajstić information content (AvgIpc) is 3.32. The lowest BCUT2D eigenvalue weighted by Crippen LogP contribution is -2.82. The number of fused-ring (bicyclic) bond motifs is 5. The molecule has 370 valence electrons. The van der Waals surface area contributed by atoms with Gasteiger partial charge >= 0.3 is 23.9 Å². The highest BCUT2D eigenvalue weighted by Crippen LogP contribution is 2.65. The second-order valence-corrected chi connectivity index (χ2v) is 19.2. The van der Waals surface area contributed by atoms with Crippen molar-refractivity contribution in [3.8, 4) is 0 Å². The fourth-order valence-electron chi connectivity index (χ4n) is 11.0. The van der Waals surface area contributed by atoms with Crippen molar-refractivity contribution in [1.82, 2.24) is 5.32 Å². The third kappa shape index (κ3) is 9.35. The number of ketones is 1. The maximum Gasteiger partial charge on any atom is 0.338 e. The van der Waals surface area contributed by atoms with Crippen LogP contribution in [0.3, 0.4) is 0 Å². The molecule has 69 heavy (non-hydrogen) atoms. The molecule has 0 radical (unpaired) electrons. The van der Waals surface area contributed by atoms with E-state index in [0.29, 0.717) is 11.1 Å². The van der Waals surface area contributed by atoms with E-state index in [-0.39, 0.29) is 55.1 Å². The summed E-state index contributed by atoms with van der Waals surface area (Å²) in [5.74, 6) is -6.72. The first-order valence-electron chi connectivity index (χ1n) is 23.2. The molecule has 11 atom stereocenters. The molecule has 1 saturated heterocycles. The number of thiol groups is 1. The van der Waals surface area contributed by atoms with E-state index < -0.39 is 118 Å². The third-order valence-corrected chi connectivity index (χ3v) is 14.7. The lowest BCUT2D eigenvalue weighted by Gasteiger charge is -2.67. The predicted octanol–water partition coefficient (Wildman–Crippen LogP) is 6.26. The first-order chi connectivity index (χ1) is 32.8. The lowest BCUT2D eigenvalue weighted by molar-refractivity contribution is -0.348. The summed E-state index contributed by atoms with van der Waals surface area (Å²) in [7, 11) is 0. The number of hydrogen-bond acceptors (Lipinski definition) is 15. The van der Waals surface area contributed by atoms with Gasteiger partial charge in [0.1, 0.15) is 29.7 Å². The van der Waals surface area contributed by atoms with E-state index in [1.54, 1.807) is 102 Å². The monoisotopic (exact) mass is 973 g/mol. The summed E-state index contributed by atoms with van der Waals surface area (Å²) in [4.78, 5) is 86.4. The molecular weight excluding hydrogens is 914 g/mol. The quantitative estimate of drug-likeness (QED) is 0.0629. The molecule has 0 spiro atoms. The number of carbonyl (C=O) groups is 6. The molecule has 1 heterocycles. The summed E-state index contributed by atoms with van der Waals surface area (Å²) in [5, 5.41) is 17.0. The van der Waals surface area contributed by atoms with Gasteiger partial charge in [-0.25, -0.2) is 14.0 Å². The van der Waals surface area contributed by atoms with Crippen molar-refractivity contribution >= 4 is 48.2 Å². The molecule has 2 N–H and O–H groups in total. The molecule has 4 aliphatic rings. The predicted molar refractivity (Wildman–Crippen MR) is 249 cm³/mol. The normalized spacial score (nSPS) is 29.9.